The number of nitrogens with zero attached hydrogens (tertiary/aromatic N) is 1. The standard InChI is InChI=1S/C22H25ClN2OS/c23-21-11-5-4-7-18(21)13-17(16-27-20-9-2-1-3-10-20)14-25-12-6-8-19(15-25)22(24)26/h1-5,7,9-11,13,19H,6,8,12,14-16H2,(H2,24,26)/b17-13-. The molecular weight excluding hydrogens is 376 g/mol. The quantitative estimate of drug-likeness (QED) is 0.684. The number of piperidine rings is 1. The van der Waals surface area contributed by atoms with E-state index in [4.69, 9.17) is 17.3 Å². The molecular formula is C22H25ClN2OS. The first-order chi connectivity index (χ1) is 13.1. The number of nitrogens with two attached hydrogens (primary N) is 1. The van der Waals surface area contributed by atoms with E-state index in [2.05, 4.69) is 35.2 Å². The van der Waals surface area contributed by atoms with Gasteiger partial charge in [0.25, 0.3) is 0 Å². The van der Waals surface area contributed by atoms with Crippen LogP contribution in [0, 0.1) is 5.92 Å². The van der Waals surface area contributed by atoms with Crippen molar-refractivity contribution in [3.63, 3.8) is 0 Å². The van der Waals surface area contributed by atoms with Crippen LogP contribution in [0.4, 0.5) is 0 Å². The zero-order valence-electron chi connectivity index (χ0n) is 15.3. The van der Waals surface area contributed by atoms with Crippen LogP contribution >= 0.6 is 23.4 Å². The second-order valence-electron chi connectivity index (χ2n) is 6.90. The Balaban J connectivity index is 1.74. The Hall–Kier alpha value is -1.75. The Bertz CT molecular complexity index is 794. The topological polar surface area (TPSA) is 46.3 Å². The molecule has 1 unspecified atom stereocenters. The molecule has 1 aliphatic rings. The summed E-state index contributed by atoms with van der Waals surface area (Å²) in [7, 11) is 0. The lowest BCUT2D eigenvalue weighted by atomic mass is 9.97. The minimum Gasteiger partial charge on any atom is -0.369 e. The molecule has 142 valence electrons. The Kier molecular flexibility index (Phi) is 7.39. The summed E-state index contributed by atoms with van der Waals surface area (Å²) in [6.07, 6.45) is 4.10. The molecule has 2 N–H and O–H groups in total. The molecule has 0 spiro atoms. The Morgan fingerprint density at radius 2 is 1.93 bits per heavy atom. The maximum Gasteiger partial charge on any atom is 0.221 e. The van der Waals surface area contributed by atoms with E-state index in [0.717, 1.165) is 48.8 Å². The van der Waals surface area contributed by atoms with Gasteiger partial charge < -0.3 is 5.73 Å². The predicted molar refractivity (Wildman–Crippen MR) is 115 cm³/mol. The number of hydrogen-bond acceptors (Lipinski definition) is 3. The molecule has 0 aliphatic carbocycles. The number of amides is 1. The molecule has 0 saturated carbocycles. The summed E-state index contributed by atoms with van der Waals surface area (Å²) in [4.78, 5) is 15.2. The van der Waals surface area contributed by atoms with Crippen LogP contribution < -0.4 is 5.73 Å². The average Bonchev–Trinajstić information content (AvgIpc) is 2.69. The second kappa shape index (κ2) is 9.98. The highest BCUT2D eigenvalue weighted by atomic mass is 35.5. The fraction of sp³-hybridized carbons (Fsp3) is 0.318. The van der Waals surface area contributed by atoms with E-state index in [0.29, 0.717) is 0 Å². The van der Waals surface area contributed by atoms with Crippen LogP contribution in [0.25, 0.3) is 6.08 Å². The summed E-state index contributed by atoms with van der Waals surface area (Å²) in [6, 6.07) is 18.3. The van der Waals surface area contributed by atoms with E-state index in [-0.39, 0.29) is 11.8 Å². The molecule has 2 aromatic carbocycles. The number of rotatable bonds is 7. The number of thioether (sulfide) groups is 1. The minimum absolute atomic E-state index is 0.0397. The van der Waals surface area contributed by atoms with Crippen LogP contribution in [-0.4, -0.2) is 36.2 Å². The highest BCUT2D eigenvalue weighted by molar-refractivity contribution is 7.99. The molecule has 1 fully saturated rings. The summed E-state index contributed by atoms with van der Waals surface area (Å²) in [6.45, 7) is 2.57. The van der Waals surface area contributed by atoms with Crippen molar-refractivity contribution in [2.75, 3.05) is 25.4 Å². The number of benzene rings is 2. The third-order valence-corrected chi connectivity index (χ3v) is 6.23. The lowest BCUT2D eigenvalue weighted by Gasteiger charge is -2.31. The van der Waals surface area contributed by atoms with E-state index in [1.807, 2.05) is 42.1 Å². The molecule has 1 atom stereocenters. The van der Waals surface area contributed by atoms with E-state index >= 15 is 0 Å². The first-order valence-electron chi connectivity index (χ1n) is 9.25. The summed E-state index contributed by atoms with van der Waals surface area (Å²) in [5.74, 6) is 0.657. The first kappa shape index (κ1) is 20.0. The van der Waals surface area contributed by atoms with Crippen LogP contribution in [0.2, 0.25) is 5.02 Å². The van der Waals surface area contributed by atoms with E-state index in [1.54, 1.807) is 0 Å². The molecule has 5 heteroatoms. The van der Waals surface area contributed by atoms with Crippen molar-refractivity contribution in [3.05, 3.63) is 70.8 Å². The fourth-order valence-corrected chi connectivity index (χ4v) is 4.42. The fourth-order valence-electron chi connectivity index (χ4n) is 3.36. The van der Waals surface area contributed by atoms with Gasteiger partial charge >= 0.3 is 0 Å². The van der Waals surface area contributed by atoms with Gasteiger partial charge in [-0.1, -0.05) is 54.1 Å². The van der Waals surface area contributed by atoms with Crippen molar-refractivity contribution in [1.29, 1.82) is 0 Å². The minimum atomic E-state index is -0.185. The largest absolute Gasteiger partial charge is 0.369 e. The Morgan fingerprint density at radius 3 is 2.67 bits per heavy atom. The van der Waals surface area contributed by atoms with Crippen molar-refractivity contribution >= 4 is 35.3 Å². The summed E-state index contributed by atoms with van der Waals surface area (Å²) >= 11 is 8.19. The van der Waals surface area contributed by atoms with Crippen molar-refractivity contribution in [3.8, 4) is 0 Å². The highest BCUT2D eigenvalue weighted by Gasteiger charge is 2.24. The molecule has 1 heterocycles. The van der Waals surface area contributed by atoms with E-state index < -0.39 is 0 Å². The van der Waals surface area contributed by atoms with Gasteiger partial charge in [-0.3, -0.25) is 9.69 Å². The summed E-state index contributed by atoms with van der Waals surface area (Å²) in [5, 5.41) is 0.758. The monoisotopic (exact) mass is 400 g/mol. The van der Waals surface area contributed by atoms with Gasteiger partial charge in [0.2, 0.25) is 5.91 Å². The third-order valence-electron chi connectivity index (χ3n) is 4.77. The number of carbonyl (C=O) groups excluding carboxylic acids is 1. The lowest BCUT2D eigenvalue weighted by molar-refractivity contribution is -0.123. The average molecular weight is 401 g/mol. The molecule has 0 radical (unpaired) electrons. The van der Waals surface area contributed by atoms with Crippen LogP contribution in [0.3, 0.4) is 0 Å². The van der Waals surface area contributed by atoms with Gasteiger partial charge in [0, 0.05) is 28.8 Å². The van der Waals surface area contributed by atoms with Crippen molar-refractivity contribution < 1.29 is 4.79 Å². The van der Waals surface area contributed by atoms with Crippen LogP contribution in [0.1, 0.15) is 18.4 Å². The van der Waals surface area contributed by atoms with E-state index in [1.165, 1.54) is 10.5 Å². The maximum absolute atomic E-state index is 11.6. The third kappa shape index (κ3) is 6.13. The lowest BCUT2D eigenvalue weighted by Crippen LogP contribution is -2.42. The SMILES string of the molecule is NC(=O)C1CCCN(C/C(=C/c2ccccc2Cl)CSc2ccccc2)C1. The van der Waals surface area contributed by atoms with Gasteiger partial charge in [0.05, 0.1) is 5.92 Å². The van der Waals surface area contributed by atoms with Gasteiger partial charge in [-0.05, 0) is 48.7 Å². The normalized spacial score (nSPS) is 18.4. The van der Waals surface area contributed by atoms with Crippen molar-refractivity contribution in [2.45, 2.75) is 17.7 Å². The highest BCUT2D eigenvalue weighted by Crippen LogP contribution is 2.25. The maximum atomic E-state index is 11.6. The van der Waals surface area contributed by atoms with Crippen molar-refractivity contribution in [1.82, 2.24) is 4.90 Å². The molecule has 1 amide bonds. The molecule has 0 aromatic heterocycles. The number of primary amides is 1. The van der Waals surface area contributed by atoms with Crippen LogP contribution in [-0.2, 0) is 4.79 Å². The van der Waals surface area contributed by atoms with Gasteiger partial charge in [-0.15, -0.1) is 11.8 Å². The number of hydrogen-bond donors (Lipinski definition) is 1. The molecule has 0 bridgehead atoms. The van der Waals surface area contributed by atoms with Crippen LogP contribution in [0.15, 0.2) is 65.1 Å². The Morgan fingerprint density at radius 1 is 1.19 bits per heavy atom. The number of carbonyl (C=O) groups is 1. The number of halogens is 1. The zero-order chi connectivity index (χ0) is 19.1. The zero-order valence-corrected chi connectivity index (χ0v) is 16.9. The molecule has 1 saturated heterocycles. The predicted octanol–water partition coefficient (Wildman–Crippen LogP) is 4.71. The molecule has 27 heavy (non-hydrogen) atoms. The summed E-state index contributed by atoms with van der Waals surface area (Å²) < 4.78 is 0. The summed E-state index contributed by atoms with van der Waals surface area (Å²) in [5.41, 5.74) is 7.86. The van der Waals surface area contributed by atoms with Gasteiger partial charge in [0.1, 0.15) is 0 Å². The van der Waals surface area contributed by atoms with Gasteiger partial charge in [0.15, 0.2) is 0 Å². The van der Waals surface area contributed by atoms with E-state index in [9.17, 15) is 4.79 Å². The van der Waals surface area contributed by atoms with Gasteiger partial charge in [-0.25, -0.2) is 0 Å². The smallest absolute Gasteiger partial charge is 0.221 e. The molecule has 2 aromatic rings. The van der Waals surface area contributed by atoms with Crippen LogP contribution in [0.5, 0.6) is 0 Å². The first-order valence-corrected chi connectivity index (χ1v) is 10.6. The molecule has 3 nitrogen and oxygen atoms in total. The second-order valence-corrected chi connectivity index (χ2v) is 8.36. The van der Waals surface area contributed by atoms with Gasteiger partial charge in [-0.2, -0.15) is 0 Å². The molecule has 3 rings (SSSR count). The molecule has 1 aliphatic heterocycles. The number of likely N-dealkylation sites (tertiary alicyclic amines) is 1. The Labute approximate surface area is 170 Å². The van der Waals surface area contributed by atoms with Crippen molar-refractivity contribution in [2.24, 2.45) is 11.7 Å².